The zero-order valence-corrected chi connectivity index (χ0v) is 25.5. The highest BCUT2D eigenvalue weighted by Crippen LogP contribution is 2.39. The van der Waals surface area contributed by atoms with Gasteiger partial charge in [-0.05, 0) is 21.5 Å². The van der Waals surface area contributed by atoms with Crippen LogP contribution >= 0.6 is 23.8 Å². The molecule has 2 aromatic heterocycles. The number of hydrogen-bond donors (Lipinski definition) is 1. The van der Waals surface area contributed by atoms with Crippen LogP contribution < -0.4 is 16.1 Å². The number of methoxy groups -OCH3 is 1. The second-order valence-electron chi connectivity index (χ2n) is 10.8. The summed E-state index contributed by atoms with van der Waals surface area (Å²) in [5.74, 6) is 0.0929. The van der Waals surface area contributed by atoms with Gasteiger partial charge in [-0.25, -0.2) is 4.98 Å². The number of rotatable bonds is 7. The van der Waals surface area contributed by atoms with E-state index < -0.39 is 26.8 Å². The number of thiocarbonyl (C=S) groups is 1. The van der Waals surface area contributed by atoms with Crippen LogP contribution in [0.4, 0.5) is 5.95 Å². The Morgan fingerprint density at radius 3 is 2.27 bits per heavy atom. The highest BCUT2D eigenvalue weighted by Gasteiger charge is 2.51. The van der Waals surface area contributed by atoms with Gasteiger partial charge in [-0.1, -0.05) is 93.0 Å². The lowest BCUT2D eigenvalue weighted by Crippen LogP contribution is -2.67. The first-order valence-corrected chi connectivity index (χ1v) is 15.8. The van der Waals surface area contributed by atoms with Crippen LogP contribution in [0.5, 0.6) is 0 Å². The average Bonchev–Trinajstić information content (AvgIpc) is 3.53. The molecule has 5 rings (SSSR count). The summed E-state index contributed by atoms with van der Waals surface area (Å²) in [6.45, 7) is 7.01. The summed E-state index contributed by atoms with van der Waals surface area (Å²) in [7, 11) is -1.31. The van der Waals surface area contributed by atoms with E-state index in [0.717, 1.165) is 0 Å². The molecule has 0 radical (unpaired) electrons. The van der Waals surface area contributed by atoms with Gasteiger partial charge >= 0.3 is 5.24 Å². The first-order chi connectivity index (χ1) is 19.1. The average molecular weight is 597 g/mol. The summed E-state index contributed by atoms with van der Waals surface area (Å²) < 4.78 is 26.9. The minimum atomic E-state index is -2.80. The van der Waals surface area contributed by atoms with E-state index in [1.165, 1.54) is 17.5 Å². The topological polar surface area (TPSA) is 93.7 Å². The van der Waals surface area contributed by atoms with E-state index in [0.29, 0.717) is 22.6 Å². The van der Waals surface area contributed by atoms with Crippen molar-refractivity contribution in [3.8, 4) is 0 Å². The van der Waals surface area contributed by atoms with Gasteiger partial charge in [-0.2, -0.15) is 4.98 Å². The second-order valence-corrected chi connectivity index (χ2v) is 15.8. The minimum absolute atomic E-state index is 0.0525. The van der Waals surface area contributed by atoms with Crippen molar-refractivity contribution in [3.05, 3.63) is 78.1 Å². The molecule has 1 aliphatic rings. The Bertz CT molecular complexity index is 1440. The fourth-order valence-electron chi connectivity index (χ4n) is 5.53. The molecule has 210 valence electrons. The lowest BCUT2D eigenvalue weighted by Gasteiger charge is -2.43. The monoisotopic (exact) mass is 596 g/mol. The number of nitrogens with zero attached hydrogens (tertiary/aromatic N) is 3. The number of fused-ring (bicyclic) bond motifs is 1. The first-order valence-electron chi connectivity index (χ1n) is 13.1. The summed E-state index contributed by atoms with van der Waals surface area (Å²) >= 11 is 11.6. The van der Waals surface area contributed by atoms with Crippen molar-refractivity contribution in [2.24, 2.45) is 0 Å². The fourth-order valence-corrected chi connectivity index (χ4v) is 10.5. The number of nitrogens with two attached hydrogens (primary N) is 1. The van der Waals surface area contributed by atoms with Crippen LogP contribution in [-0.4, -0.2) is 54.0 Å². The maximum atomic E-state index is 7.16. The van der Waals surface area contributed by atoms with Crippen LogP contribution in [0, 0.1) is 0 Å². The van der Waals surface area contributed by atoms with E-state index in [1.807, 2.05) is 29.0 Å². The molecule has 4 aromatic rings. The zero-order chi connectivity index (χ0) is 28.5. The van der Waals surface area contributed by atoms with Gasteiger partial charge in [0.1, 0.15) is 29.2 Å². The van der Waals surface area contributed by atoms with Gasteiger partial charge < -0.3 is 28.9 Å². The second kappa shape index (κ2) is 11.5. The van der Waals surface area contributed by atoms with Crippen molar-refractivity contribution in [2.75, 3.05) is 19.5 Å². The first kappa shape index (κ1) is 28.5. The predicted molar refractivity (Wildman–Crippen MR) is 164 cm³/mol. The Morgan fingerprint density at radius 2 is 1.70 bits per heavy atom. The number of aromatic nitrogens is 3. The van der Waals surface area contributed by atoms with Crippen LogP contribution in [-0.2, 0) is 18.6 Å². The molecule has 0 amide bonds. The summed E-state index contributed by atoms with van der Waals surface area (Å²) in [6.07, 6.45) is 1.09. The standard InChI is InChI=1S/C29H33ClN4O4SSi/c1-29(2,3)40(19-11-7-5-8-12-19,20-13-9-6-10-14-20)36-18-23-22(38-28(39)35-4)17-24(37-23)34-16-15-21-25(30)32-27(31)33-26(21)34/h5-16,22-24H,17-18H2,1-4H3,(H2,31,32,33)/t22-,23+,24+/m0/s1. The smallest absolute Gasteiger partial charge is 0.352 e. The Kier molecular flexibility index (Phi) is 8.17. The quantitative estimate of drug-likeness (QED) is 0.184. The number of halogens is 1. The largest absolute Gasteiger partial charge is 0.460 e. The zero-order valence-electron chi connectivity index (χ0n) is 22.9. The summed E-state index contributed by atoms with van der Waals surface area (Å²) in [5.41, 5.74) is 6.49. The molecule has 0 aliphatic carbocycles. The van der Waals surface area contributed by atoms with Gasteiger partial charge in [0.15, 0.2) is 0 Å². The molecule has 1 saturated heterocycles. The van der Waals surface area contributed by atoms with Crippen LogP contribution in [0.15, 0.2) is 72.9 Å². The van der Waals surface area contributed by atoms with Gasteiger partial charge in [0.2, 0.25) is 5.95 Å². The van der Waals surface area contributed by atoms with Gasteiger partial charge in [0.25, 0.3) is 8.32 Å². The molecule has 1 fully saturated rings. The summed E-state index contributed by atoms with van der Waals surface area (Å²) in [6, 6.07) is 22.8. The minimum Gasteiger partial charge on any atom is -0.460 e. The Labute approximate surface area is 245 Å². The molecule has 3 atom stereocenters. The van der Waals surface area contributed by atoms with Crippen LogP contribution in [0.2, 0.25) is 10.2 Å². The molecule has 2 N–H and O–H groups in total. The molecule has 0 bridgehead atoms. The maximum absolute atomic E-state index is 7.16. The van der Waals surface area contributed by atoms with Gasteiger partial charge in [-0.3, -0.25) is 0 Å². The molecule has 3 heterocycles. The SMILES string of the molecule is COC(=S)O[C@H]1C[C@H](n2ccc3c(Cl)nc(N)nc32)O[C@@H]1CO[Si](c1ccccc1)(c1ccccc1)C(C)(C)C. The predicted octanol–water partition coefficient (Wildman–Crippen LogP) is 4.85. The lowest BCUT2D eigenvalue weighted by molar-refractivity contribution is -0.0403. The van der Waals surface area contributed by atoms with Crippen molar-refractivity contribution >= 4 is 64.7 Å². The molecule has 1 aliphatic heterocycles. The summed E-state index contributed by atoms with van der Waals surface area (Å²) in [4.78, 5) is 8.48. The third-order valence-electron chi connectivity index (χ3n) is 7.33. The molecular weight excluding hydrogens is 564 g/mol. The third-order valence-corrected chi connectivity index (χ3v) is 12.9. The maximum Gasteiger partial charge on any atom is 0.352 e. The highest BCUT2D eigenvalue weighted by molar-refractivity contribution is 7.79. The fraction of sp³-hybridized carbons (Fsp3) is 0.345. The van der Waals surface area contributed by atoms with Crippen molar-refractivity contribution in [2.45, 2.75) is 50.7 Å². The van der Waals surface area contributed by atoms with Crippen LogP contribution in [0.25, 0.3) is 11.0 Å². The van der Waals surface area contributed by atoms with Crippen molar-refractivity contribution in [3.63, 3.8) is 0 Å². The molecule has 0 unspecified atom stereocenters. The van der Waals surface area contributed by atoms with E-state index in [4.69, 9.17) is 48.2 Å². The molecule has 11 heteroatoms. The summed E-state index contributed by atoms with van der Waals surface area (Å²) in [5, 5.41) is 3.22. The highest BCUT2D eigenvalue weighted by atomic mass is 35.5. The van der Waals surface area contributed by atoms with Crippen molar-refractivity contribution < 1.29 is 18.6 Å². The Morgan fingerprint density at radius 1 is 1.07 bits per heavy atom. The van der Waals surface area contributed by atoms with Crippen LogP contribution in [0.1, 0.15) is 33.4 Å². The van der Waals surface area contributed by atoms with Crippen molar-refractivity contribution in [1.29, 1.82) is 0 Å². The van der Waals surface area contributed by atoms with Gasteiger partial charge in [0, 0.05) is 24.8 Å². The lowest BCUT2D eigenvalue weighted by atomic mass is 10.2. The molecule has 8 nitrogen and oxygen atoms in total. The Hall–Kier alpha value is -3.02. The number of ether oxygens (including phenoxy) is 3. The van der Waals surface area contributed by atoms with E-state index in [9.17, 15) is 0 Å². The van der Waals surface area contributed by atoms with E-state index >= 15 is 0 Å². The number of nitrogen functional groups attached to an aromatic ring is 1. The van der Waals surface area contributed by atoms with E-state index in [-0.39, 0.29) is 22.8 Å². The normalized spacial score (nSPS) is 19.6. The van der Waals surface area contributed by atoms with Crippen molar-refractivity contribution in [1.82, 2.24) is 14.5 Å². The third kappa shape index (κ3) is 5.34. The Balaban J connectivity index is 1.51. The molecule has 0 saturated carbocycles. The van der Waals surface area contributed by atoms with Gasteiger partial charge in [-0.15, -0.1) is 0 Å². The molecular formula is C29H33ClN4O4SSi. The molecule has 0 spiro atoms. The van der Waals surface area contributed by atoms with Crippen LogP contribution in [0.3, 0.4) is 0 Å². The van der Waals surface area contributed by atoms with E-state index in [1.54, 1.807) is 0 Å². The number of anilines is 1. The molecule has 40 heavy (non-hydrogen) atoms. The van der Waals surface area contributed by atoms with Gasteiger partial charge in [0.05, 0.1) is 19.1 Å². The molecule has 2 aromatic carbocycles. The number of hydrogen-bond acceptors (Lipinski definition) is 8. The number of benzene rings is 2. The van der Waals surface area contributed by atoms with E-state index in [2.05, 4.69) is 79.3 Å².